The number of allylic oxidation sites excluding steroid dienone is 1. The highest BCUT2D eigenvalue weighted by Crippen LogP contribution is 2.48. The number of carbonyl (C=O) groups excluding carboxylic acids is 3. The predicted octanol–water partition coefficient (Wildman–Crippen LogP) is 1.09. The van der Waals surface area contributed by atoms with Crippen molar-refractivity contribution in [1.82, 2.24) is 0 Å². The number of carbonyl (C=O) groups is 3. The van der Waals surface area contributed by atoms with Crippen molar-refractivity contribution in [3.63, 3.8) is 0 Å². The zero-order valence-corrected chi connectivity index (χ0v) is 11.2. The molecule has 1 saturated carbocycles. The fourth-order valence-corrected chi connectivity index (χ4v) is 3.34. The second kappa shape index (κ2) is 4.33. The van der Waals surface area contributed by atoms with Crippen molar-refractivity contribution >= 4 is 17.7 Å². The SMILES string of the molecule is C=C(OC12CC3OC(=O)C(CC(C1)C(=O)O3)C2)C(C)=O. The van der Waals surface area contributed by atoms with Gasteiger partial charge >= 0.3 is 11.9 Å². The number of rotatable bonds is 3. The second-order valence-corrected chi connectivity index (χ2v) is 5.81. The average Bonchev–Trinajstić information content (AvgIpc) is 2.50. The number of ether oxygens (including phenoxy) is 3. The van der Waals surface area contributed by atoms with Crippen molar-refractivity contribution in [3.8, 4) is 0 Å². The number of fused-ring (bicyclic) bond motifs is 3. The van der Waals surface area contributed by atoms with Crippen molar-refractivity contribution in [3.05, 3.63) is 12.3 Å². The van der Waals surface area contributed by atoms with Gasteiger partial charge in [0.1, 0.15) is 5.60 Å². The van der Waals surface area contributed by atoms with Crippen LogP contribution >= 0.6 is 0 Å². The molecule has 6 nitrogen and oxygen atoms in total. The van der Waals surface area contributed by atoms with Gasteiger partial charge in [0.15, 0.2) is 11.5 Å². The Balaban J connectivity index is 1.95. The van der Waals surface area contributed by atoms with Crippen LogP contribution in [0.15, 0.2) is 12.3 Å². The second-order valence-electron chi connectivity index (χ2n) is 5.81. The zero-order valence-electron chi connectivity index (χ0n) is 11.2. The average molecular weight is 280 g/mol. The Hall–Kier alpha value is -1.85. The highest BCUT2D eigenvalue weighted by atomic mass is 16.7. The summed E-state index contributed by atoms with van der Waals surface area (Å²) in [6.07, 6.45) is 0.611. The molecule has 0 N–H and O–H groups in total. The molecule has 0 spiro atoms. The van der Waals surface area contributed by atoms with E-state index in [4.69, 9.17) is 14.2 Å². The molecule has 2 unspecified atom stereocenters. The molecule has 2 heterocycles. The third kappa shape index (κ3) is 2.09. The number of hydrogen-bond donors (Lipinski definition) is 0. The van der Waals surface area contributed by atoms with E-state index in [1.807, 2.05) is 0 Å². The summed E-state index contributed by atoms with van der Waals surface area (Å²) in [5.41, 5.74) is -0.778. The molecular formula is C14H16O6. The highest BCUT2D eigenvalue weighted by molar-refractivity contribution is 5.90. The summed E-state index contributed by atoms with van der Waals surface area (Å²) >= 11 is 0. The van der Waals surface area contributed by atoms with Gasteiger partial charge in [-0.2, -0.15) is 0 Å². The van der Waals surface area contributed by atoms with Gasteiger partial charge in [0.05, 0.1) is 18.3 Å². The number of hydrogen-bond acceptors (Lipinski definition) is 6. The summed E-state index contributed by atoms with van der Waals surface area (Å²) in [6.45, 7) is 4.98. The maximum Gasteiger partial charge on any atom is 0.312 e. The fourth-order valence-electron chi connectivity index (χ4n) is 3.34. The van der Waals surface area contributed by atoms with E-state index in [9.17, 15) is 14.4 Å². The monoisotopic (exact) mass is 280 g/mol. The van der Waals surface area contributed by atoms with E-state index >= 15 is 0 Å². The van der Waals surface area contributed by atoms with Crippen molar-refractivity contribution in [1.29, 1.82) is 0 Å². The van der Waals surface area contributed by atoms with Gasteiger partial charge in [0.2, 0.25) is 0 Å². The third-order valence-electron chi connectivity index (χ3n) is 4.24. The van der Waals surface area contributed by atoms with E-state index in [2.05, 4.69) is 6.58 Å². The van der Waals surface area contributed by atoms with E-state index in [1.54, 1.807) is 0 Å². The molecular weight excluding hydrogens is 264 g/mol. The van der Waals surface area contributed by atoms with Crippen LogP contribution in [0.1, 0.15) is 32.6 Å². The molecule has 0 radical (unpaired) electrons. The van der Waals surface area contributed by atoms with Crippen molar-refractivity contribution in [2.45, 2.75) is 44.5 Å². The molecule has 20 heavy (non-hydrogen) atoms. The molecule has 3 rings (SSSR count). The quantitative estimate of drug-likeness (QED) is 0.437. The van der Waals surface area contributed by atoms with Gasteiger partial charge in [-0.05, 0) is 6.42 Å². The Morgan fingerprint density at radius 2 is 1.75 bits per heavy atom. The van der Waals surface area contributed by atoms with Crippen LogP contribution in [0.5, 0.6) is 0 Å². The lowest BCUT2D eigenvalue weighted by atomic mass is 9.72. The van der Waals surface area contributed by atoms with E-state index in [0.29, 0.717) is 19.3 Å². The largest absolute Gasteiger partial charge is 0.484 e. The molecule has 0 aromatic heterocycles. The first-order chi connectivity index (χ1) is 9.38. The molecule has 3 fully saturated rings. The molecule has 2 aliphatic heterocycles. The van der Waals surface area contributed by atoms with Gasteiger partial charge in [-0.3, -0.25) is 14.4 Å². The van der Waals surface area contributed by atoms with Gasteiger partial charge in [-0.25, -0.2) is 0 Å². The minimum absolute atomic E-state index is 0.0480. The van der Waals surface area contributed by atoms with Gasteiger partial charge in [0, 0.05) is 19.8 Å². The molecule has 0 aromatic carbocycles. The lowest BCUT2D eigenvalue weighted by Crippen LogP contribution is -2.43. The Morgan fingerprint density at radius 3 is 2.25 bits per heavy atom. The predicted molar refractivity (Wildman–Crippen MR) is 65.1 cm³/mol. The van der Waals surface area contributed by atoms with E-state index in [-0.39, 0.29) is 41.7 Å². The summed E-state index contributed by atoms with van der Waals surface area (Å²) < 4.78 is 16.1. The summed E-state index contributed by atoms with van der Waals surface area (Å²) in [4.78, 5) is 35.2. The van der Waals surface area contributed by atoms with Crippen LogP contribution < -0.4 is 0 Å². The Labute approximate surface area is 116 Å². The van der Waals surface area contributed by atoms with Crippen molar-refractivity contribution in [2.75, 3.05) is 0 Å². The minimum atomic E-state index is -0.926. The number of esters is 2. The smallest absolute Gasteiger partial charge is 0.312 e. The summed E-state index contributed by atoms with van der Waals surface area (Å²) in [5, 5.41) is 0. The Bertz CT molecular complexity index is 482. The van der Waals surface area contributed by atoms with E-state index < -0.39 is 11.9 Å². The van der Waals surface area contributed by atoms with Gasteiger partial charge < -0.3 is 14.2 Å². The fraction of sp³-hybridized carbons (Fsp3) is 0.643. The zero-order chi connectivity index (χ0) is 14.5. The summed E-state index contributed by atoms with van der Waals surface area (Å²) in [5.74, 6) is -1.70. The van der Waals surface area contributed by atoms with Crippen LogP contribution in [0, 0.1) is 11.8 Å². The normalized spacial score (nSPS) is 38.5. The highest BCUT2D eigenvalue weighted by Gasteiger charge is 2.55. The lowest BCUT2D eigenvalue weighted by Gasteiger charge is -2.39. The van der Waals surface area contributed by atoms with Crippen LogP contribution in [0.4, 0.5) is 0 Å². The Morgan fingerprint density at radius 1 is 1.20 bits per heavy atom. The topological polar surface area (TPSA) is 78.9 Å². The first-order valence-corrected chi connectivity index (χ1v) is 6.68. The maximum absolute atomic E-state index is 11.9. The molecule has 108 valence electrons. The Kier molecular flexibility index (Phi) is 2.84. The standard InChI is InChI=1S/C14H16O6/c1-7(15)8(2)20-14-4-9-3-10(5-14)13(17)19-11(6-14)18-12(9)16/h9-11H,2-6H2,1H3. The molecule has 0 aromatic rings. The van der Waals surface area contributed by atoms with Crippen LogP contribution in [-0.2, 0) is 28.6 Å². The van der Waals surface area contributed by atoms with Crippen molar-refractivity contribution in [2.24, 2.45) is 11.8 Å². The third-order valence-corrected chi connectivity index (χ3v) is 4.24. The van der Waals surface area contributed by atoms with E-state index in [1.165, 1.54) is 6.92 Å². The molecule has 2 saturated heterocycles. The lowest BCUT2D eigenvalue weighted by molar-refractivity contribution is -0.195. The van der Waals surface area contributed by atoms with Crippen LogP contribution in [-0.4, -0.2) is 29.6 Å². The minimum Gasteiger partial charge on any atom is -0.484 e. The first kappa shape index (κ1) is 13.1. The van der Waals surface area contributed by atoms with Crippen molar-refractivity contribution < 1.29 is 28.6 Å². The molecule has 3 aliphatic rings. The summed E-state index contributed by atoms with van der Waals surface area (Å²) in [6, 6.07) is 0. The van der Waals surface area contributed by atoms with E-state index in [0.717, 1.165) is 0 Å². The molecule has 2 atom stereocenters. The first-order valence-electron chi connectivity index (χ1n) is 6.68. The number of ketones is 1. The van der Waals surface area contributed by atoms with Crippen LogP contribution in [0.2, 0.25) is 0 Å². The van der Waals surface area contributed by atoms with Crippen LogP contribution in [0.3, 0.4) is 0 Å². The van der Waals surface area contributed by atoms with Gasteiger partial charge in [-0.1, -0.05) is 6.58 Å². The van der Waals surface area contributed by atoms with Crippen LogP contribution in [0.25, 0.3) is 0 Å². The molecule has 6 heteroatoms. The van der Waals surface area contributed by atoms with Gasteiger partial charge in [-0.15, -0.1) is 0 Å². The maximum atomic E-state index is 11.9. The molecule has 0 amide bonds. The summed E-state index contributed by atoms with van der Waals surface area (Å²) in [7, 11) is 0. The molecule has 4 bridgehead atoms. The van der Waals surface area contributed by atoms with Gasteiger partial charge in [0.25, 0.3) is 6.29 Å². The number of Topliss-reactive ketones (excluding diaryl/α,β-unsaturated/α-hetero) is 1. The molecule has 1 aliphatic carbocycles.